The van der Waals surface area contributed by atoms with E-state index in [1.54, 1.807) is 25.3 Å². The van der Waals surface area contributed by atoms with Crippen LogP contribution in [0.25, 0.3) is 0 Å². The molecule has 0 fully saturated rings. The van der Waals surface area contributed by atoms with E-state index in [4.69, 9.17) is 32.7 Å². The number of rotatable bonds is 9. The van der Waals surface area contributed by atoms with Gasteiger partial charge in [-0.15, -0.1) is 0 Å². The van der Waals surface area contributed by atoms with Crippen molar-refractivity contribution >= 4 is 29.1 Å². The molecule has 2 aromatic rings. The predicted molar refractivity (Wildman–Crippen MR) is 101 cm³/mol. The van der Waals surface area contributed by atoms with Gasteiger partial charge in [0.15, 0.2) is 0 Å². The van der Waals surface area contributed by atoms with Gasteiger partial charge in [0.25, 0.3) is 0 Å². The first kappa shape index (κ1) is 19.4. The predicted octanol–water partition coefficient (Wildman–Crippen LogP) is 4.52. The molecule has 0 saturated heterocycles. The fraction of sp³-hybridized carbons (Fsp3) is 0.316. The average molecular weight is 382 g/mol. The van der Waals surface area contributed by atoms with Crippen LogP contribution in [0.4, 0.5) is 0 Å². The summed E-state index contributed by atoms with van der Waals surface area (Å²) in [6.07, 6.45) is 1.82. The van der Waals surface area contributed by atoms with Crippen LogP contribution in [0, 0.1) is 0 Å². The van der Waals surface area contributed by atoms with Gasteiger partial charge in [0.1, 0.15) is 11.5 Å². The first-order valence-electron chi connectivity index (χ1n) is 8.06. The molecule has 2 aromatic carbocycles. The van der Waals surface area contributed by atoms with E-state index in [1.165, 1.54) is 0 Å². The second-order valence-corrected chi connectivity index (χ2v) is 6.32. The fourth-order valence-electron chi connectivity index (χ4n) is 2.25. The van der Waals surface area contributed by atoms with Crippen LogP contribution in [0.5, 0.6) is 11.5 Å². The Balaban J connectivity index is 1.62. The minimum absolute atomic E-state index is 0.0207. The van der Waals surface area contributed by atoms with Crippen molar-refractivity contribution in [2.45, 2.75) is 19.3 Å². The zero-order valence-electron chi connectivity index (χ0n) is 14.1. The SMILES string of the molecule is COc1cccc(CCC(=O)NCCCOc2ccc(Cl)cc2Cl)c1. The molecule has 0 unspecified atom stereocenters. The molecule has 0 aliphatic rings. The van der Waals surface area contributed by atoms with E-state index >= 15 is 0 Å². The van der Waals surface area contributed by atoms with E-state index in [2.05, 4.69) is 5.32 Å². The van der Waals surface area contributed by atoms with Crippen LogP contribution in [0.3, 0.4) is 0 Å². The summed E-state index contributed by atoms with van der Waals surface area (Å²) < 4.78 is 10.7. The van der Waals surface area contributed by atoms with Crippen molar-refractivity contribution in [2.24, 2.45) is 0 Å². The number of hydrogen-bond donors (Lipinski definition) is 1. The summed E-state index contributed by atoms with van der Waals surface area (Å²) in [7, 11) is 1.63. The molecule has 0 aliphatic heterocycles. The number of benzene rings is 2. The van der Waals surface area contributed by atoms with E-state index in [9.17, 15) is 4.79 Å². The lowest BCUT2D eigenvalue weighted by atomic mass is 10.1. The third-order valence-corrected chi connectivity index (χ3v) is 4.10. The molecule has 0 bridgehead atoms. The molecule has 4 nitrogen and oxygen atoms in total. The number of ether oxygens (including phenoxy) is 2. The molecule has 0 atom stereocenters. The third kappa shape index (κ3) is 6.85. The molecule has 1 amide bonds. The van der Waals surface area contributed by atoms with E-state index in [1.807, 2.05) is 24.3 Å². The third-order valence-electron chi connectivity index (χ3n) is 3.57. The highest BCUT2D eigenvalue weighted by Gasteiger charge is 2.04. The maximum absolute atomic E-state index is 11.9. The van der Waals surface area contributed by atoms with Gasteiger partial charge in [-0.05, 0) is 48.7 Å². The molecule has 0 aliphatic carbocycles. The summed E-state index contributed by atoms with van der Waals surface area (Å²) in [4.78, 5) is 11.9. The lowest BCUT2D eigenvalue weighted by molar-refractivity contribution is -0.121. The zero-order valence-corrected chi connectivity index (χ0v) is 15.6. The molecule has 134 valence electrons. The topological polar surface area (TPSA) is 47.6 Å². The lowest BCUT2D eigenvalue weighted by Gasteiger charge is -2.09. The molecule has 0 saturated carbocycles. The summed E-state index contributed by atoms with van der Waals surface area (Å²) in [5.41, 5.74) is 1.08. The fourth-order valence-corrected chi connectivity index (χ4v) is 2.71. The summed E-state index contributed by atoms with van der Waals surface area (Å²) >= 11 is 11.9. The van der Waals surface area contributed by atoms with Crippen molar-refractivity contribution in [3.05, 3.63) is 58.1 Å². The highest BCUT2D eigenvalue weighted by atomic mass is 35.5. The van der Waals surface area contributed by atoms with Gasteiger partial charge in [0.05, 0.1) is 18.7 Å². The molecule has 1 N–H and O–H groups in total. The maximum Gasteiger partial charge on any atom is 0.220 e. The largest absolute Gasteiger partial charge is 0.497 e. The van der Waals surface area contributed by atoms with Gasteiger partial charge in [-0.25, -0.2) is 0 Å². The Bertz CT molecular complexity index is 707. The van der Waals surface area contributed by atoms with Gasteiger partial charge in [0.2, 0.25) is 5.91 Å². The summed E-state index contributed by atoms with van der Waals surface area (Å²) in [5, 5.41) is 3.94. The molecule has 2 rings (SSSR count). The van der Waals surface area contributed by atoms with Crippen LogP contribution in [0.1, 0.15) is 18.4 Å². The second-order valence-electron chi connectivity index (χ2n) is 5.48. The Morgan fingerprint density at radius 3 is 2.76 bits per heavy atom. The van der Waals surface area contributed by atoms with Crippen molar-refractivity contribution in [3.63, 3.8) is 0 Å². The number of aryl methyl sites for hydroxylation is 1. The van der Waals surface area contributed by atoms with E-state index in [0.29, 0.717) is 48.2 Å². The number of carbonyl (C=O) groups excluding carboxylic acids is 1. The van der Waals surface area contributed by atoms with Crippen LogP contribution in [0.2, 0.25) is 10.0 Å². The van der Waals surface area contributed by atoms with Crippen LogP contribution >= 0.6 is 23.2 Å². The Kier molecular flexibility index (Phi) is 7.89. The molecular formula is C19H21Cl2NO3. The standard InChI is InChI=1S/C19H21Cl2NO3/c1-24-16-5-2-4-14(12-16)6-9-19(23)22-10-3-11-25-18-8-7-15(20)13-17(18)21/h2,4-5,7-8,12-13H,3,6,9-11H2,1H3,(H,22,23). The average Bonchev–Trinajstić information content (AvgIpc) is 2.61. The smallest absolute Gasteiger partial charge is 0.220 e. The Morgan fingerprint density at radius 2 is 2.00 bits per heavy atom. The Morgan fingerprint density at radius 1 is 1.16 bits per heavy atom. The zero-order chi connectivity index (χ0) is 18.1. The quantitative estimate of drug-likeness (QED) is 0.649. The Labute approximate surface area is 158 Å². The number of carbonyl (C=O) groups is 1. The van der Waals surface area contributed by atoms with Crippen LogP contribution < -0.4 is 14.8 Å². The first-order chi connectivity index (χ1) is 12.1. The van der Waals surface area contributed by atoms with Crippen LogP contribution in [-0.4, -0.2) is 26.2 Å². The number of hydrogen-bond acceptors (Lipinski definition) is 3. The first-order valence-corrected chi connectivity index (χ1v) is 8.81. The van der Waals surface area contributed by atoms with Gasteiger partial charge >= 0.3 is 0 Å². The number of nitrogens with one attached hydrogen (secondary N) is 1. The number of halogens is 2. The maximum atomic E-state index is 11.9. The van der Waals surface area contributed by atoms with Gasteiger partial charge in [-0.1, -0.05) is 35.3 Å². The second kappa shape index (κ2) is 10.2. The van der Waals surface area contributed by atoms with E-state index in [0.717, 1.165) is 11.3 Å². The minimum atomic E-state index is 0.0207. The molecule has 25 heavy (non-hydrogen) atoms. The normalized spacial score (nSPS) is 10.4. The highest BCUT2D eigenvalue weighted by molar-refractivity contribution is 6.35. The minimum Gasteiger partial charge on any atom is -0.497 e. The highest BCUT2D eigenvalue weighted by Crippen LogP contribution is 2.27. The van der Waals surface area contributed by atoms with Gasteiger partial charge in [-0.3, -0.25) is 4.79 Å². The molecule has 0 heterocycles. The molecule has 0 radical (unpaired) electrons. The number of amides is 1. The van der Waals surface area contributed by atoms with Crippen LogP contribution in [-0.2, 0) is 11.2 Å². The summed E-state index contributed by atoms with van der Waals surface area (Å²) in [6, 6.07) is 12.8. The van der Waals surface area contributed by atoms with Crippen molar-refractivity contribution in [1.82, 2.24) is 5.32 Å². The monoisotopic (exact) mass is 381 g/mol. The van der Waals surface area contributed by atoms with E-state index in [-0.39, 0.29) is 5.91 Å². The summed E-state index contributed by atoms with van der Waals surface area (Å²) in [5.74, 6) is 1.42. The Hall–Kier alpha value is -1.91. The van der Waals surface area contributed by atoms with Gasteiger partial charge in [0, 0.05) is 18.0 Å². The van der Waals surface area contributed by atoms with Crippen molar-refractivity contribution in [2.75, 3.05) is 20.3 Å². The summed E-state index contributed by atoms with van der Waals surface area (Å²) in [6.45, 7) is 1.03. The molecular weight excluding hydrogens is 361 g/mol. The van der Waals surface area contributed by atoms with Gasteiger partial charge in [-0.2, -0.15) is 0 Å². The molecule has 0 aromatic heterocycles. The van der Waals surface area contributed by atoms with Crippen molar-refractivity contribution in [3.8, 4) is 11.5 Å². The van der Waals surface area contributed by atoms with Crippen molar-refractivity contribution < 1.29 is 14.3 Å². The van der Waals surface area contributed by atoms with Gasteiger partial charge < -0.3 is 14.8 Å². The molecule has 0 spiro atoms. The lowest BCUT2D eigenvalue weighted by Crippen LogP contribution is -2.25. The molecule has 6 heteroatoms. The van der Waals surface area contributed by atoms with Crippen LogP contribution in [0.15, 0.2) is 42.5 Å². The van der Waals surface area contributed by atoms with Crippen molar-refractivity contribution in [1.29, 1.82) is 0 Å². The number of methoxy groups -OCH3 is 1. The van der Waals surface area contributed by atoms with E-state index < -0.39 is 0 Å².